The Balaban J connectivity index is 1.73. The number of fused-ring (bicyclic) bond motifs is 1. The van der Waals surface area contributed by atoms with E-state index < -0.39 is 0 Å². The number of rotatable bonds is 5. The molecule has 0 bridgehead atoms. The van der Waals surface area contributed by atoms with Gasteiger partial charge in [0.15, 0.2) is 0 Å². The largest absolute Gasteiger partial charge is 0.492 e. The molecule has 2 aromatic rings. The van der Waals surface area contributed by atoms with Crippen molar-refractivity contribution in [3.05, 3.63) is 36.4 Å². The molecule has 3 rings (SSSR count). The van der Waals surface area contributed by atoms with Crippen molar-refractivity contribution in [2.24, 2.45) is 4.99 Å². The van der Waals surface area contributed by atoms with Crippen LogP contribution in [0.15, 0.2) is 41.4 Å². The van der Waals surface area contributed by atoms with Gasteiger partial charge in [-0.25, -0.2) is 4.79 Å². The lowest BCUT2D eigenvalue weighted by Gasteiger charge is -2.26. The minimum absolute atomic E-state index is 0.617. The fraction of sp³-hybridized carbons (Fsp3) is 0.353. The van der Waals surface area contributed by atoms with E-state index in [0.29, 0.717) is 12.3 Å². The van der Waals surface area contributed by atoms with Crippen LogP contribution in [0.5, 0.6) is 5.75 Å². The molecular weight excluding hydrogens is 280 g/mol. The zero-order chi connectivity index (χ0) is 15.2. The summed E-state index contributed by atoms with van der Waals surface area (Å²) in [5.41, 5.74) is 0.617. The summed E-state index contributed by atoms with van der Waals surface area (Å²) < 4.78 is 11.3. The van der Waals surface area contributed by atoms with Crippen molar-refractivity contribution in [2.75, 3.05) is 39.5 Å². The Labute approximate surface area is 129 Å². The summed E-state index contributed by atoms with van der Waals surface area (Å²) >= 11 is 0. The van der Waals surface area contributed by atoms with E-state index in [2.05, 4.69) is 9.89 Å². The van der Waals surface area contributed by atoms with Gasteiger partial charge in [0.1, 0.15) is 12.4 Å². The highest BCUT2D eigenvalue weighted by Crippen LogP contribution is 2.32. The maximum Gasteiger partial charge on any atom is 0.240 e. The Kier molecular flexibility index (Phi) is 4.81. The predicted octanol–water partition coefficient (Wildman–Crippen LogP) is 2.52. The van der Waals surface area contributed by atoms with Crippen molar-refractivity contribution in [3.63, 3.8) is 0 Å². The molecular formula is C17H18N2O3. The lowest BCUT2D eigenvalue weighted by molar-refractivity contribution is 0.0323. The Morgan fingerprint density at radius 1 is 1.14 bits per heavy atom. The van der Waals surface area contributed by atoms with E-state index in [9.17, 15) is 4.79 Å². The normalized spacial score (nSPS) is 15.5. The SMILES string of the molecule is O=C=Nc1ccc(OCCN2CCOCC2)c2ccccc12. The molecule has 0 N–H and O–H groups in total. The molecule has 5 heteroatoms. The van der Waals surface area contributed by atoms with E-state index >= 15 is 0 Å². The number of ether oxygens (including phenoxy) is 2. The number of hydrogen-bond acceptors (Lipinski definition) is 5. The summed E-state index contributed by atoms with van der Waals surface area (Å²) in [6.45, 7) is 5.00. The summed E-state index contributed by atoms with van der Waals surface area (Å²) in [5.74, 6) is 0.814. The number of aliphatic imine (C=N–C) groups is 1. The highest BCUT2D eigenvalue weighted by Gasteiger charge is 2.11. The molecule has 1 heterocycles. The lowest BCUT2D eigenvalue weighted by Crippen LogP contribution is -2.38. The number of hydrogen-bond donors (Lipinski definition) is 0. The minimum Gasteiger partial charge on any atom is -0.492 e. The molecule has 1 aliphatic heterocycles. The summed E-state index contributed by atoms with van der Waals surface area (Å²) in [6.07, 6.45) is 1.60. The molecule has 0 aliphatic carbocycles. The predicted molar refractivity (Wildman–Crippen MR) is 84.5 cm³/mol. The molecule has 0 saturated carbocycles. The van der Waals surface area contributed by atoms with Crippen molar-refractivity contribution in [3.8, 4) is 5.75 Å². The van der Waals surface area contributed by atoms with Crippen LogP contribution in [0.3, 0.4) is 0 Å². The third-order valence-electron chi connectivity index (χ3n) is 3.80. The van der Waals surface area contributed by atoms with Gasteiger partial charge in [-0.15, -0.1) is 0 Å². The van der Waals surface area contributed by atoms with Crippen LogP contribution in [0.2, 0.25) is 0 Å². The van der Waals surface area contributed by atoms with Gasteiger partial charge in [0.2, 0.25) is 6.08 Å². The molecule has 2 aromatic carbocycles. The molecule has 1 aliphatic rings. The Bertz CT molecular complexity index is 689. The maximum atomic E-state index is 10.5. The van der Waals surface area contributed by atoms with Crippen LogP contribution in [0.4, 0.5) is 5.69 Å². The fourth-order valence-corrected chi connectivity index (χ4v) is 2.64. The van der Waals surface area contributed by atoms with Crippen LogP contribution in [-0.4, -0.2) is 50.4 Å². The van der Waals surface area contributed by atoms with Crippen molar-refractivity contribution in [1.82, 2.24) is 4.90 Å². The standard InChI is InChI=1S/C17H18N2O3/c20-13-18-16-5-6-17(15-4-2-1-3-14(15)16)22-12-9-19-7-10-21-11-8-19/h1-6H,7-12H2. The molecule has 0 radical (unpaired) electrons. The number of benzene rings is 2. The first kappa shape index (κ1) is 14.7. The van der Waals surface area contributed by atoms with Gasteiger partial charge in [-0.1, -0.05) is 24.3 Å². The van der Waals surface area contributed by atoms with Gasteiger partial charge in [0.25, 0.3) is 0 Å². The molecule has 1 saturated heterocycles. The van der Waals surface area contributed by atoms with Crippen molar-refractivity contribution in [2.45, 2.75) is 0 Å². The van der Waals surface area contributed by atoms with E-state index in [1.807, 2.05) is 30.3 Å². The molecule has 114 valence electrons. The molecule has 0 unspecified atom stereocenters. The monoisotopic (exact) mass is 298 g/mol. The van der Waals surface area contributed by atoms with E-state index in [1.54, 1.807) is 12.1 Å². The quantitative estimate of drug-likeness (QED) is 0.629. The number of nitrogens with zero attached hydrogens (tertiary/aromatic N) is 2. The van der Waals surface area contributed by atoms with Gasteiger partial charge in [-0.05, 0) is 12.1 Å². The molecule has 0 amide bonds. The smallest absolute Gasteiger partial charge is 0.240 e. The van der Waals surface area contributed by atoms with Gasteiger partial charge in [-0.3, -0.25) is 4.90 Å². The molecule has 0 spiro atoms. The van der Waals surface area contributed by atoms with Gasteiger partial charge >= 0.3 is 0 Å². The Hall–Kier alpha value is -2.20. The zero-order valence-electron chi connectivity index (χ0n) is 12.3. The maximum absolute atomic E-state index is 10.5. The summed E-state index contributed by atoms with van der Waals surface area (Å²) in [7, 11) is 0. The van der Waals surface area contributed by atoms with E-state index in [0.717, 1.165) is 49.4 Å². The van der Waals surface area contributed by atoms with Crippen LogP contribution in [0.1, 0.15) is 0 Å². The van der Waals surface area contributed by atoms with Gasteiger partial charge in [0.05, 0.1) is 18.9 Å². The van der Waals surface area contributed by atoms with Gasteiger partial charge in [-0.2, -0.15) is 4.99 Å². The molecule has 0 aromatic heterocycles. The van der Waals surface area contributed by atoms with Crippen LogP contribution in [0, 0.1) is 0 Å². The highest BCUT2D eigenvalue weighted by molar-refractivity contribution is 5.97. The van der Waals surface area contributed by atoms with Crippen LogP contribution in [-0.2, 0) is 9.53 Å². The average molecular weight is 298 g/mol. The molecule has 22 heavy (non-hydrogen) atoms. The second-order valence-corrected chi connectivity index (χ2v) is 5.13. The molecule has 0 atom stereocenters. The summed E-state index contributed by atoms with van der Waals surface area (Å²) in [6, 6.07) is 11.4. The summed E-state index contributed by atoms with van der Waals surface area (Å²) in [5, 5.41) is 1.86. The van der Waals surface area contributed by atoms with Gasteiger partial charge in [0, 0.05) is 30.4 Å². The van der Waals surface area contributed by atoms with Crippen LogP contribution >= 0.6 is 0 Å². The first-order chi connectivity index (χ1) is 10.9. The lowest BCUT2D eigenvalue weighted by atomic mass is 10.1. The second kappa shape index (κ2) is 7.18. The average Bonchev–Trinajstić information content (AvgIpc) is 2.58. The topological polar surface area (TPSA) is 51.1 Å². The van der Waals surface area contributed by atoms with E-state index in [1.165, 1.54) is 0 Å². The second-order valence-electron chi connectivity index (χ2n) is 5.13. The molecule has 1 fully saturated rings. The van der Waals surface area contributed by atoms with Crippen molar-refractivity contribution in [1.29, 1.82) is 0 Å². The number of carbonyl (C=O) groups excluding carboxylic acids is 1. The Morgan fingerprint density at radius 2 is 1.91 bits per heavy atom. The van der Waals surface area contributed by atoms with Crippen LogP contribution in [0.25, 0.3) is 10.8 Å². The zero-order valence-corrected chi connectivity index (χ0v) is 12.3. The first-order valence-electron chi connectivity index (χ1n) is 7.41. The first-order valence-corrected chi connectivity index (χ1v) is 7.41. The minimum atomic E-state index is 0.617. The van der Waals surface area contributed by atoms with E-state index in [-0.39, 0.29) is 0 Å². The third kappa shape index (κ3) is 3.34. The fourth-order valence-electron chi connectivity index (χ4n) is 2.64. The third-order valence-corrected chi connectivity index (χ3v) is 3.80. The van der Waals surface area contributed by atoms with Crippen molar-refractivity contribution >= 4 is 22.5 Å². The van der Waals surface area contributed by atoms with E-state index in [4.69, 9.17) is 9.47 Å². The molecule has 5 nitrogen and oxygen atoms in total. The Morgan fingerprint density at radius 3 is 2.68 bits per heavy atom. The highest BCUT2D eigenvalue weighted by atomic mass is 16.5. The van der Waals surface area contributed by atoms with Gasteiger partial charge < -0.3 is 9.47 Å². The number of morpholine rings is 1. The summed E-state index contributed by atoms with van der Waals surface area (Å²) in [4.78, 5) is 16.6. The van der Waals surface area contributed by atoms with Crippen LogP contribution < -0.4 is 4.74 Å². The van der Waals surface area contributed by atoms with Crippen molar-refractivity contribution < 1.29 is 14.3 Å². The number of isocyanates is 1.